The standard InChI is InChI=1S/C15H18O2S/c1-14(2)10-15(16,7-8-17-14)12-5-3-4-11-6-9-18-13(11)12/h3-6,9,16H,7-8,10H2,1-2H3. The molecule has 1 aromatic carbocycles. The quantitative estimate of drug-likeness (QED) is 0.849. The van der Waals surface area contributed by atoms with Gasteiger partial charge in [0.1, 0.15) is 0 Å². The van der Waals surface area contributed by atoms with Gasteiger partial charge >= 0.3 is 0 Å². The summed E-state index contributed by atoms with van der Waals surface area (Å²) in [7, 11) is 0. The third kappa shape index (κ3) is 1.96. The maximum Gasteiger partial charge on any atom is 0.0959 e. The van der Waals surface area contributed by atoms with Crippen LogP contribution in [0.2, 0.25) is 0 Å². The summed E-state index contributed by atoms with van der Waals surface area (Å²) in [5, 5.41) is 14.3. The van der Waals surface area contributed by atoms with Crippen molar-refractivity contribution in [3.8, 4) is 0 Å². The minimum absolute atomic E-state index is 0.258. The Labute approximate surface area is 111 Å². The molecule has 0 spiro atoms. The minimum Gasteiger partial charge on any atom is -0.385 e. The summed E-state index contributed by atoms with van der Waals surface area (Å²) in [5.74, 6) is 0. The molecule has 1 N–H and O–H groups in total. The molecule has 1 saturated heterocycles. The number of aliphatic hydroxyl groups is 1. The SMILES string of the molecule is CC1(C)CC(O)(c2cccc3ccsc23)CCO1. The van der Waals surface area contributed by atoms with Crippen molar-refractivity contribution in [1.29, 1.82) is 0 Å². The topological polar surface area (TPSA) is 29.5 Å². The monoisotopic (exact) mass is 262 g/mol. The second-order valence-electron chi connectivity index (χ2n) is 5.71. The molecule has 3 heteroatoms. The molecule has 1 unspecified atom stereocenters. The lowest BCUT2D eigenvalue weighted by Crippen LogP contribution is -2.43. The molecule has 0 saturated carbocycles. The van der Waals surface area contributed by atoms with E-state index in [9.17, 15) is 5.11 Å². The maximum absolute atomic E-state index is 11.0. The van der Waals surface area contributed by atoms with Crippen molar-refractivity contribution in [2.75, 3.05) is 6.61 Å². The first-order chi connectivity index (χ1) is 8.50. The zero-order chi connectivity index (χ0) is 12.8. The van der Waals surface area contributed by atoms with Gasteiger partial charge in [0.05, 0.1) is 17.8 Å². The fourth-order valence-corrected chi connectivity index (χ4v) is 3.94. The van der Waals surface area contributed by atoms with Crippen molar-refractivity contribution < 1.29 is 9.84 Å². The van der Waals surface area contributed by atoms with E-state index >= 15 is 0 Å². The highest BCUT2D eigenvalue weighted by Crippen LogP contribution is 2.42. The number of ether oxygens (including phenoxy) is 1. The van der Waals surface area contributed by atoms with E-state index in [1.807, 2.05) is 19.9 Å². The van der Waals surface area contributed by atoms with Crippen molar-refractivity contribution in [2.45, 2.75) is 37.9 Å². The third-order valence-corrected chi connectivity index (χ3v) is 4.67. The predicted molar refractivity (Wildman–Crippen MR) is 75.0 cm³/mol. The van der Waals surface area contributed by atoms with E-state index in [1.54, 1.807) is 11.3 Å². The number of benzene rings is 1. The molecule has 1 fully saturated rings. The van der Waals surface area contributed by atoms with E-state index < -0.39 is 5.60 Å². The summed E-state index contributed by atoms with van der Waals surface area (Å²) >= 11 is 1.71. The molecule has 1 aromatic heterocycles. The summed E-state index contributed by atoms with van der Waals surface area (Å²) in [5.41, 5.74) is 0.0461. The van der Waals surface area contributed by atoms with Crippen molar-refractivity contribution in [1.82, 2.24) is 0 Å². The molecular weight excluding hydrogens is 244 g/mol. The maximum atomic E-state index is 11.0. The highest BCUT2D eigenvalue weighted by Gasteiger charge is 2.41. The molecule has 18 heavy (non-hydrogen) atoms. The van der Waals surface area contributed by atoms with Crippen molar-refractivity contribution in [3.63, 3.8) is 0 Å². The summed E-state index contributed by atoms with van der Waals surface area (Å²) in [6.45, 7) is 4.71. The lowest BCUT2D eigenvalue weighted by atomic mass is 9.79. The van der Waals surface area contributed by atoms with Crippen LogP contribution in [0.5, 0.6) is 0 Å². The Morgan fingerprint density at radius 1 is 1.28 bits per heavy atom. The summed E-state index contributed by atoms with van der Waals surface area (Å²) < 4.78 is 6.93. The molecule has 96 valence electrons. The van der Waals surface area contributed by atoms with E-state index in [-0.39, 0.29) is 5.60 Å². The zero-order valence-corrected chi connectivity index (χ0v) is 11.6. The molecule has 0 aliphatic carbocycles. The Kier molecular flexibility index (Phi) is 2.73. The zero-order valence-electron chi connectivity index (χ0n) is 10.8. The van der Waals surface area contributed by atoms with E-state index in [1.165, 1.54) is 10.1 Å². The molecule has 1 atom stereocenters. The van der Waals surface area contributed by atoms with Crippen LogP contribution in [-0.4, -0.2) is 17.3 Å². The van der Waals surface area contributed by atoms with Gasteiger partial charge in [-0.3, -0.25) is 0 Å². The van der Waals surface area contributed by atoms with Gasteiger partial charge in [0.2, 0.25) is 0 Å². The smallest absolute Gasteiger partial charge is 0.0959 e. The van der Waals surface area contributed by atoms with Crippen LogP contribution in [0, 0.1) is 0 Å². The minimum atomic E-state index is -0.758. The third-order valence-electron chi connectivity index (χ3n) is 3.71. The molecule has 2 nitrogen and oxygen atoms in total. The van der Waals surface area contributed by atoms with Crippen LogP contribution in [-0.2, 0) is 10.3 Å². The summed E-state index contributed by atoms with van der Waals surface area (Å²) in [6, 6.07) is 8.30. The van der Waals surface area contributed by atoms with Gasteiger partial charge < -0.3 is 9.84 Å². The van der Waals surface area contributed by atoms with Crippen LogP contribution in [0.1, 0.15) is 32.3 Å². The Bertz CT molecular complexity index is 573. The average molecular weight is 262 g/mol. The van der Waals surface area contributed by atoms with Crippen LogP contribution < -0.4 is 0 Å². The van der Waals surface area contributed by atoms with Gasteiger partial charge in [-0.15, -0.1) is 11.3 Å². The lowest BCUT2D eigenvalue weighted by molar-refractivity contribution is -0.147. The molecule has 0 amide bonds. The van der Waals surface area contributed by atoms with Gasteiger partial charge in [-0.1, -0.05) is 18.2 Å². The van der Waals surface area contributed by atoms with Gasteiger partial charge in [0.15, 0.2) is 0 Å². The van der Waals surface area contributed by atoms with Gasteiger partial charge in [-0.2, -0.15) is 0 Å². The first-order valence-electron chi connectivity index (χ1n) is 6.33. The van der Waals surface area contributed by atoms with Gasteiger partial charge in [0, 0.05) is 23.1 Å². The van der Waals surface area contributed by atoms with Gasteiger partial charge in [-0.25, -0.2) is 0 Å². The highest BCUT2D eigenvalue weighted by molar-refractivity contribution is 7.17. The molecule has 3 rings (SSSR count). The lowest BCUT2D eigenvalue weighted by Gasteiger charge is -2.42. The average Bonchev–Trinajstić information content (AvgIpc) is 2.74. The van der Waals surface area contributed by atoms with Crippen molar-refractivity contribution >= 4 is 21.4 Å². The summed E-state index contributed by atoms with van der Waals surface area (Å²) in [6.07, 6.45) is 1.32. The molecule has 1 aliphatic heterocycles. The molecule has 2 aromatic rings. The molecule has 0 radical (unpaired) electrons. The Balaban J connectivity index is 2.10. The largest absolute Gasteiger partial charge is 0.385 e. The van der Waals surface area contributed by atoms with Crippen LogP contribution in [0.4, 0.5) is 0 Å². The number of thiophene rings is 1. The van der Waals surface area contributed by atoms with E-state index in [0.29, 0.717) is 19.4 Å². The Hall–Kier alpha value is -0.900. The fraction of sp³-hybridized carbons (Fsp3) is 0.467. The predicted octanol–water partition coefficient (Wildman–Crippen LogP) is 3.68. The molecular formula is C15H18O2S. The highest BCUT2D eigenvalue weighted by atomic mass is 32.1. The van der Waals surface area contributed by atoms with E-state index in [4.69, 9.17) is 4.74 Å². The first kappa shape index (κ1) is 12.2. The molecule has 1 aliphatic rings. The fourth-order valence-electron chi connectivity index (χ4n) is 2.93. The van der Waals surface area contributed by atoms with Crippen LogP contribution in [0.15, 0.2) is 29.6 Å². The van der Waals surface area contributed by atoms with Crippen LogP contribution in [0.3, 0.4) is 0 Å². The molecule has 0 bridgehead atoms. The van der Waals surface area contributed by atoms with Gasteiger partial charge in [0.25, 0.3) is 0 Å². The number of hydrogen-bond acceptors (Lipinski definition) is 3. The normalized spacial score (nSPS) is 27.5. The number of hydrogen-bond donors (Lipinski definition) is 1. The molecule has 2 heterocycles. The second-order valence-corrected chi connectivity index (χ2v) is 6.63. The van der Waals surface area contributed by atoms with Crippen molar-refractivity contribution in [2.24, 2.45) is 0 Å². The van der Waals surface area contributed by atoms with E-state index in [2.05, 4.69) is 23.6 Å². The van der Waals surface area contributed by atoms with Crippen molar-refractivity contribution in [3.05, 3.63) is 35.2 Å². The van der Waals surface area contributed by atoms with Crippen LogP contribution >= 0.6 is 11.3 Å². The van der Waals surface area contributed by atoms with Gasteiger partial charge in [-0.05, 0) is 30.7 Å². The summed E-state index contributed by atoms with van der Waals surface area (Å²) in [4.78, 5) is 0. The van der Waals surface area contributed by atoms with E-state index in [0.717, 1.165) is 5.56 Å². The Morgan fingerprint density at radius 2 is 2.11 bits per heavy atom. The number of fused-ring (bicyclic) bond motifs is 1. The second kappa shape index (κ2) is 4.05. The first-order valence-corrected chi connectivity index (χ1v) is 7.21. The Morgan fingerprint density at radius 3 is 2.89 bits per heavy atom. The van der Waals surface area contributed by atoms with Crippen LogP contribution in [0.25, 0.3) is 10.1 Å². The number of rotatable bonds is 1.